The molecule has 0 saturated heterocycles. The number of anilines is 2. The Kier molecular flexibility index (Phi) is 3.67. The molecule has 6 nitrogen and oxygen atoms in total. The molecule has 1 aliphatic rings. The zero-order valence-corrected chi connectivity index (χ0v) is 14.6. The highest BCUT2D eigenvalue weighted by atomic mass is 35.5. The summed E-state index contributed by atoms with van der Waals surface area (Å²) in [4.78, 5) is 26.7. The molecule has 1 aliphatic heterocycles. The van der Waals surface area contributed by atoms with Gasteiger partial charge in [0.2, 0.25) is 5.91 Å². The quantitative estimate of drug-likeness (QED) is 0.709. The second-order valence-electron chi connectivity index (χ2n) is 5.72. The van der Waals surface area contributed by atoms with Gasteiger partial charge in [-0.05, 0) is 42.8 Å². The van der Waals surface area contributed by atoms with Crippen molar-refractivity contribution < 1.29 is 4.79 Å². The molecule has 8 heteroatoms. The lowest BCUT2D eigenvalue weighted by atomic mass is 10.1. The Bertz CT molecular complexity index is 1070. The molecular weight excluding hydrogens is 363 g/mol. The molecule has 4 rings (SSSR count). The van der Waals surface area contributed by atoms with Crippen molar-refractivity contribution in [2.24, 2.45) is 0 Å². The number of amides is 1. The fourth-order valence-electron chi connectivity index (χ4n) is 3.07. The number of para-hydroxylation sites is 1. The number of carbonyl (C=O) groups is 1. The van der Waals surface area contributed by atoms with E-state index in [1.807, 2.05) is 6.92 Å². The van der Waals surface area contributed by atoms with Crippen LogP contribution in [0.1, 0.15) is 11.4 Å². The minimum Gasteiger partial charge on any atom is -0.277 e. The summed E-state index contributed by atoms with van der Waals surface area (Å²) in [6.45, 7) is 1.86. The van der Waals surface area contributed by atoms with Crippen LogP contribution >= 0.6 is 23.2 Å². The van der Waals surface area contributed by atoms with Crippen molar-refractivity contribution in [1.82, 2.24) is 14.8 Å². The minimum absolute atomic E-state index is 0.0359. The zero-order chi connectivity index (χ0) is 17.7. The van der Waals surface area contributed by atoms with Crippen LogP contribution in [0.25, 0.3) is 5.69 Å². The van der Waals surface area contributed by atoms with E-state index < -0.39 is 5.69 Å². The van der Waals surface area contributed by atoms with E-state index in [0.717, 1.165) is 5.56 Å². The molecule has 2 aromatic carbocycles. The largest absolute Gasteiger partial charge is 0.348 e. The molecule has 0 aliphatic carbocycles. The third-order valence-electron chi connectivity index (χ3n) is 4.13. The fraction of sp³-hybridized carbons (Fsp3) is 0.118. The monoisotopic (exact) mass is 374 g/mol. The van der Waals surface area contributed by atoms with Crippen molar-refractivity contribution in [3.05, 3.63) is 68.3 Å². The van der Waals surface area contributed by atoms with Gasteiger partial charge in [-0.2, -0.15) is 5.10 Å². The summed E-state index contributed by atoms with van der Waals surface area (Å²) in [5, 5.41) is 7.30. The predicted octanol–water partition coefficient (Wildman–Crippen LogP) is 3.40. The number of nitrogens with zero attached hydrogens (tertiary/aromatic N) is 3. The van der Waals surface area contributed by atoms with Crippen molar-refractivity contribution in [2.45, 2.75) is 13.3 Å². The molecule has 0 fully saturated rings. The van der Waals surface area contributed by atoms with Crippen molar-refractivity contribution >= 4 is 40.5 Å². The third kappa shape index (κ3) is 2.45. The van der Waals surface area contributed by atoms with Crippen molar-refractivity contribution in [2.75, 3.05) is 4.90 Å². The van der Waals surface area contributed by atoms with Crippen LogP contribution in [0.3, 0.4) is 0 Å². The summed E-state index contributed by atoms with van der Waals surface area (Å²) in [5.41, 5.74) is 2.01. The van der Waals surface area contributed by atoms with Gasteiger partial charge in [-0.1, -0.05) is 29.3 Å². The predicted molar refractivity (Wildman–Crippen MR) is 96.2 cm³/mol. The van der Waals surface area contributed by atoms with E-state index in [4.69, 9.17) is 23.2 Å². The van der Waals surface area contributed by atoms with Gasteiger partial charge in [0.1, 0.15) is 5.82 Å². The number of aromatic amines is 1. The van der Waals surface area contributed by atoms with E-state index in [0.29, 0.717) is 32.9 Å². The Morgan fingerprint density at radius 2 is 1.92 bits per heavy atom. The van der Waals surface area contributed by atoms with Gasteiger partial charge in [0, 0.05) is 5.02 Å². The second kappa shape index (κ2) is 5.75. The molecule has 0 unspecified atom stereocenters. The first-order valence-corrected chi connectivity index (χ1v) is 8.27. The first-order chi connectivity index (χ1) is 12.0. The number of hydrogen-bond donors (Lipinski definition) is 1. The normalized spacial score (nSPS) is 13.4. The van der Waals surface area contributed by atoms with Gasteiger partial charge in [0.15, 0.2) is 0 Å². The molecule has 3 aromatic rings. The molecular formula is C17H12Cl2N4O2. The fourth-order valence-corrected chi connectivity index (χ4v) is 3.55. The molecule has 1 amide bonds. The molecule has 25 heavy (non-hydrogen) atoms. The van der Waals surface area contributed by atoms with E-state index in [1.165, 1.54) is 9.47 Å². The highest BCUT2D eigenvalue weighted by Gasteiger charge is 2.31. The number of fused-ring (bicyclic) bond motifs is 3. The Hall–Kier alpha value is -2.57. The summed E-state index contributed by atoms with van der Waals surface area (Å²) < 4.78 is 1.38. The summed E-state index contributed by atoms with van der Waals surface area (Å²) >= 11 is 12.5. The summed E-state index contributed by atoms with van der Waals surface area (Å²) in [6, 6.07) is 10.4. The number of H-pyrrole nitrogens is 1. The van der Waals surface area contributed by atoms with Gasteiger partial charge >= 0.3 is 5.69 Å². The molecule has 2 heterocycles. The van der Waals surface area contributed by atoms with Gasteiger partial charge in [-0.25, -0.2) is 14.5 Å². The molecule has 0 bridgehead atoms. The second-order valence-corrected chi connectivity index (χ2v) is 6.57. The van der Waals surface area contributed by atoms with Crippen molar-refractivity contribution in [3.63, 3.8) is 0 Å². The minimum atomic E-state index is -0.416. The highest BCUT2D eigenvalue weighted by Crippen LogP contribution is 2.40. The summed E-state index contributed by atoms with van der Waals surface area (Å²) in [6.07, 6.45) is -0.0359. The van der Waals surface area contributed by atoms with Crippen LogP contribution in [0.15, 0.2) is 41.2 Å². The number of nitrogens with one attached hydrogen (secondary N) is 1. The van der Waals surface area contributed by atoms with E-state index in [2.05, 4.69) is 10.2 Å². The lowest BCUT2D eigenvalue weighted by Crippen LogP contribution is -2.27. The lowest BCUT2D eigenvalue weighted by Gasteiger charge is -2.25. The molecule has 1 aromatic heterocycles. The van der Waals surface area contributed by atoms with E-state index in [-0.39, 0.29) is 12.3 Å². The Labute approximate surface area is 152 Å². The number of benzene rings is 2. The number of halogens is 2. The molecule has 0 spiro atoms. The van der Waals surface area contributed by atoms with Crippen LogP contribution in [0.4, 0.5) is 11.4 Å². The van der Waals surface area contributed by atoms with Gasteiger partial charge in [0.05, 0.1) is 28.5 Å². The number of hydrogen-bond acceptors (Lipinski definition) is 3. The maximum absolute atomic E-state index is 13.0. The number of aromatic nitrogens is 3. The van der Waals surface area contributed by atoms with E-state index >= 15 is 0 Å². The maximum atomic E-state index is 13.0. The van der Waals surface area contributed by atoms with Gasteiger partial charge in [-0.15, -0.1) is 0 Å². The van der Waals surface area contributed by atoms with Crippen LogP contribution in [0, 0.1) is 6.92 Å². The molecule has 0 saturated carbocycles. The van der Waals surface area contributed by atoms with Crippen molar-refractivity contribution in [3.8, 4) is 5.69 Å². The van der Waals surface area contributed by atoms with Crippen LogP contribution in [0.2, 0.25) is 10.0 Å². The van der Waals surface area contributed by atoms with Crippen LogP contribution in [0.5, 0.6) is 0 Å². The summed E-state index contributed by atoms with van der Waals surface area (Å²) in [5.74, 6) is 0.102. The maximum Gasteiger partial charge on any atom is 0.348 e. The van der Waals surface area contributed by atoms with E-state index in [9.17, 15) is 9.59 Å². The SMILES string of the molecule is Cc1cc(Cl)ccc1N1C(=O)Cc2n[nH]c(=O)n2-c2cccc(Cl)c21. The topological polar surface area (TPSA) is 71.0 Å². The highest BCUT2D eigenvalue weighted by molar-refractivity contribution is 6.35. The van der Waals surface area contributed by atoms with Crippen molar-refractivity contribution in [1.29, 1.82) is 0 Å². The first kappa shape index (κ1) is 15.9. The average Bonchev–Trinajstić information content (AvgIpc) is 2.85. The smallest absolute Gasteiger partial charge is 0.277 e. The lowest BCUT2D eigenvalue weighted by molar-refractivity contribution is -0.117. The number of rotatable bonds is 1. The third-order valence-corrected chi connectivity index (χ3v) is 4.67. The van der Waals surface area contributed by atoms with E-state index in [1.54, 1.807) is 36.4 Å². The van der Waals surface area contributed by atoms with Crippen LogP contribution in [-0.2, 0) is 11.2 Å². The molecule has 1 N–H and O–H groups in total. The number of carbonyl (C=O) groups excluding carboxylic acids is 1. The average molecular weight is 375 g/mol. The molecule has 0 radical (unpaired) electrons. The van der Waals surface area contributed by atoms with Gasteiger partial charge in [0.25, 0.3) is 0 Å². The number of aryl methyl sites for hydroxylation is 1. The zero-order valence-electron chi connectivity index (χ0n) is 13.1. The van der Waals surface area contributed by atoms with Crippen LogP contribution < -0.4 is 10.6 Å². The molecule has 126 valence electrons. The Morgan fingerprint density at radius 1 is 1.12 bits per heavy atom. The standard InChI is InChI=1S/C17H12Cl2N4O2/c1-9-7-10(18)5-6-12(9)23-15(24)8-14-20-21-17(25)22(14)13-4-2-3-11(19)16(13)23/h2-7H,8H2,1H3,(H,21,25). The summed E-state index contributed by atoms with van der Waals surface area (Å²) in [7, 11) is 0. The first-order valence-electron chi connectivity index (χ1n) is 7.51. The Balaban J connectivity index is 2.06. The molecule has 0 atom stereocenters. The Morgan fingerprint density at radius 3 is 2.68 bits per heavy atom. The van der Waals surface area contributed by atoms with Gasteiger partial charge in [-0.3, -0.25) is 9.69 Å². The van der Waals surface area contributed by atoms with Gasteiger partial charge < -0.3 is 0 Å². The van der Waals surface area contributed by atoms with Crippen LogP contribution in [-0.4, -0.2) is 20.7 Å².